The van der Waals surface area contributed by atoms with E-state index in [4.69, 9.17) is 0 Å². The Hall–Kier alpha value is -3.59. The summed E-state index contributed by atoms with van der Waals surface area (Å²) in [6.45, 7) is 4.00. The molecule has 3 heterocycles. The predicted molar refractivity (Wildman–Crippen MR) is 112 cm³/mol. The maximum Gasteiger partial charge on any atom is 0.284 e. The van der Waals surface area contributed by atoms with Crippen LogP contribution in [0.3, 0.4) is 0 Å². The molecule has 1 N–H and O–H groups in total. The van der Waals surface area contributed by atoms with Gasteiger partial charge in [0.2, 0.25) is 0 Å². The molecule has 4 rings (SSSR count). The summed E-state index contributed by atoms with van der Waals surface area (Å²) in [7, 11) is -3.93. The molecule has 0 spiro atoms. The van der Waals surface area contributed by atoms with Gasteiger partial charge in [0.15, 0.2) is 0 Å². The Morgan fingerprint density at radius 2 is 1.79 bits per heavy atom. The third-order valence-electron chi connectivity index (χ3n) is 3.83. The zero-order valence-electron chi connectivity index (χ0n) is 15.9. The standard InChI is InChI=1S/C18H13N5O3S.C2H6.H2/c24-18(17-7-3-4-8-19-17)22-14-10-21-23(12-14)27(25,26)15-9-13-5-1-2-6-16(13)20-11-15;1-2;/h1-12H,(H,22,24);1-2H3;1H. The van der Waals surface area contributed by atoms with Gasteiger partial charge in [-0.3, -0.25) is 14.8 Å². The highest BCUT2D eigenvalue weighted by Gasteiger charge is 2.20. The van der Waals surface area contributed by atoms with Crippen molar-refractivity contribution in [2.45, 2.75) is 18.7 Å². The van der Waals surface area contributed by atoms with Crippen LogP contribution in [0.15, 0.2) is 78.2 Å². The molecule has 0 aliphatic carbocycles. The van der Waals surface area contributed by atoms with Gasteiger partial charge >= 0.3 is 0 Å². The molecule has 0 radical (unpaired) electrons. The van der Waals surface area contributed by atoms with Crippen molar-refractivity contribution in [1.29, 1.82) is 0 Å². The van der Waals surface area contributed by atoms with E-state index in [0.717, 1.165) is 4.09 Å². The van der Waals surface area contributed by atoms with Crippen LogP contribution in [0.1, 0.15) is 25.8 Å². The summed E-state index contributed by atoms with van der Waals surface area (Å²) in [5.41, 5.74) is 1.15. The summed E-state index contributed by atoms with van der Waals surface area (Å²) < 4.78 is 26.4. The maximum absolute atomic E-state index is 12.8. The number of para-hydroxylation sites is 1. The van der Waals surface area contributed by atoms with E-state index in [1.165, 1.54) is 30.9 Å². The number of carbonyl (C=O) groups excluding carboxylic acids is 1. The lowest BCUT2D eigenvalue weighted by atomic mass is 10.2. The van der Waals surface area contributed by atoms with Crippen molar-refractivity contribution in [3.63, 3.8) is 0 Å². The molecule has 1 amide bonds. The van der Waals surface area contributed by atoms with E-state index in [1.807, 2.05) is 19.9 Å². The fourth-order valence-electron chi connectivity index (χ4n) is 2.49. The van der Waals surface area contributed by atoms with Gasteiger partial charge in [-0.05, 0) is 24.3 Å². The smallest absolute Gasteiger partial charge is 0.284 e. The molecule has 0 unspecified atom stereocenters. The molecular formula is C20H21N5O3S. The van der Waals surface area contributed by atoms with Crippen molar-refractivity contribution >= 4 is 32.5 Å². The third-order valence-corrected chi connectivity index (χ3v) is 5.34. The van der Waals surface area contributed by atoms with Crippen LogP contribution in [0.4, 0.5) is 5.69 Å². The van der Waals surface area contributed by atoms with Gasteiger partial charge in [0.25, 0.3) is 15.9 Å². The van der Waals surface area contributed by atoms with Gasteiger partial charge in [-0.15, -0.1) is 0 Å². The Morgan fingerprint density at radius 1 is 1.03 bits per heavy atom. The Labute approximate surface area is 169 Å². The molecule has 0 fully saturated rings. The summed E-state index contributed by atoms with van der Waals surface area (Å²) in [6.07, 6.45) is 5.26. The topological polar surface area (TPSA) is 107 Å². The van der Waals surface area contributed by atoms with Gasteiger partial charge < -0.3 is 5.32 Å². The van der Waals surface area contributed by atoms with Crippen molar-refractivity contribution < 1.29 is 14.6 Å². The molecule has 4 aromatic rings. The van der Waals surface area contributed by atoms with Crippen LogP contribution in [0.5, 0.6) is 0 Å². The molecule has 150 valence electrons. The first-order valence-electron chi connectivity index (χ1n) is 8.91. The highest BCUT2D eigenvalue weighted by molar-refractivity contribution is 7.89. The van der Waals surface area contributed by atoms with Crippen LogP contribution in [-0.2, 0) is 10.0 Å². The monoisotopic (exact) mass is 411 g/mol. The van der Waals surface area contributed by atoms with E-state index in [9.17, 15) is 13.2 Å². The van der Waals surface area contributed by atoms with Crippen molar-refractivity contribution in [1.82, 2.24) is 19.2 Å². The van der Waals surface area contributed by atoms with Crippen molar-refractivity contribution in [3.8, 4) is 0 Å². The maximum atomic E-state index is 12.8. The molecule has 0 atom stereocenters. The summed E-state index contributed by atoms with van der Waals surface area (Å²) >= 11 is 0. The highest BCUT2D eigenvalue weighted by atomic mass is 32.2. The van der Waals surface area contributed by atoms with Crippen LogP contribution < -0.4 is 5.32 Å². The number of aromatic nitrogens is 4. The lowest BCUT2D eigenvalue weighted by Gasteiger charge is -2.05. The summed E-state index contributed by atoms with van der Waals surface area (Å²) in [6, 6.07) is 13.7. The first kappa shape index (κ1) is 20.2. The number of fused-ring (bicyclic) bond motifs is 1. The summed E-state index contributed by atoms with van der Waals surface area (Å²) in [4.78, 5) is 20.2. The fourth-order valence-corrected chi connectivity index (χ4v) is 3.59. The molecule has 0 aliphatic heterocycles. The van der Waals surface area contributed by atoms with E-state index in [1.54, 1.807) is 36.4 Å². The Morgan fingerprint density at radius 3 is 2.55 bits per heavy atom. The number of rotatable bonds is 4. The second kappa shape index (κ2) is 8.61. The minimum Gasteiger partial charge on any atom is -0.318 e. The van der Waals surface area contributed by atoms with E-state index in [-0.39, 0.29) is 17.7 Å². The molecular weight excluding hydrogens is 390 g/mol. The normalized spacial score (nSPS) is 10.8. The van der Waals surface area contributed by atoms with Crippen LogP contribution in [0, 0.1) is 0 Å². The zero-order valence-corrected chi connectivity index (χ0v) is 16.7. The third kappa shape index (κ3) is 4.30. The van der Waals surface area contributed by atoms with Gasteiger partial charge in [-0.25, -0.2) is 0 Å². The minimum atomic E-state index is -3.93. The lowest BCUT2D eigenvalue weighted by Crippen LogP contribution is -2.15. The molecule has 8 nitrogen and oxygen atoms in total. The zero-order chi connectivity index (χ0) is 20.9. The number of pyridine rings is 2. The number of benzene rings is 1. The van der Waals surface area contributed by atoms with Gasteiger partial charge in [-0.2, -0.15) is 17.6 Å². The molecule has 9 heteroatoms. The molecule has 0 bridgehead atoms. The molecule has 0 saturated carbocycles. The van der Waals surface area contributed by atoms with E-state index in [2.05, 4.69) is 20.4 Å². The predicted octanol–water partition coefficient (Wildman–Crippen LogP) is 3.59. The number of hydrogen-bond acceptors (Lipinski definition) is 6. The number of hydrogen-bond donors (Lipinski definition) is 1. The van der Waals surface area contributed by atoms with Crippen LogP contribution in [0.2, 0.25) is 0 Å². The quantitative estimate of drug-likeness (QED) is 0.550. The largest absolute Gasteiger partial charge is 0.318 e. The SMILES string of the molecule is CC.O=C(Nc1cnn(S(=O)(=O)c2cnc3ccccc3c2)c1)c1ccccn1.[HH]. The number of carbonyl (C=O) groups is 1. The van der Waals surface area contributed by atoms with Crippen LogP contribution in [0.25, 0.3) is 10.9 Å². The number of nitrogens with zero attached hydrogens (tertiary/aromatic N) is 4. The summed E-state index contributed by atoms with van der Waals surface area (Å²) in [5, 5.41) is 7.13. The Balaban J connectivity index is 0.00000104. The van der Waals surface area contributed by atoms with E-state index >= 15 is 0 Å². The fraction of sp³-hybridized carbons (Fsp3) is 0.100. The van der Waals surface area contributed by atoms with Crippen molar-refractivity contribution in [2.75, 3.05) is 5.32 Å². The second-order valence-corrected chi connectivity index (χ2v) is 7.44. The second-order valence-electron chi connectivity index (χ2n) is 5.64. The molecule has 3 aromatic heterocycles. The van der Waals surface area contributed by atoms with E-state index < -0.39 is 15.9 Å². The average Bonchev–Trinajstić information content (AvgIpc) is 3.25. The first-order chi connectivity index (χ1) is 14.0. The van der Waals surface area contributed by atoms with Gasteiger partial charge in [0.1, 0.15) is 10.6 Å². The number of amides is 1. The Kier molecular flexibility index (Phi) is 5.99. The van der Waals surface area contributed by atoms with Crippen LogP contribution in [-0.4, -0.2) is 33.5 Å². The lowest BCUT2D eigenvalue weighted by molar-refractivity contribution is 0.102. The molecule has 1 aromatic carbocycles. The number of anilines is 1. The summed E-state index contributed by atoms with van der Waals surface area (Å²) in [5.74, 6) is -0.458. The van der Waals surface area contributed by atoms with Gasteiger partial charge in [0.05, 0.1) is 23.6 Å². The highest BCUT2D eigenvalue weighted by Crippen LogP contribution is 2.19. The minimum absolute atomic E-state index is 0. The van der Waals surface area contributed by atoms with E-state index in [0.29, 0.717) is 10.9 Å². The van der Waals surface area contributed by atoms with Gasteiger partial charge in [-0.1, -0.05) is 38.1 Å². The average molecular weight is 411 g/mol. The first-order valence-corrected chi connectivity index (χ1v) is 10.4. The number of nitrogens with one attached hydrogen (secondary N) is 1. The molecule has 0 saturated heterocycles. The Bertz CT molecular complexity index is 1240. The molecule has 29 heavy (non-hydrogen) atoms. The van der Waals surface area contributed by atoms with Crippen molar-refractivity contribution in [3.05, 3.63) is 79.0 Å². The molecule has 0 aliphatic rings. The van der Waals surface area contributed by atoms with Crippen molar-refractivity contribution in [2.24, 2.45) is 0 Å². The van der Waals surface area contributed by atoms with Gasteiger partial charge in [0, 0.05) is 19.2 Å². The van der Waals surface area contributed by atoms with Crippen LogP contribution >= 0.6 is 0 Å².